The average molecular weight is 493 g/mol. The van der Waals surface area contributed by atoms with Crippen LogP contribution in [0.25, 0.3) is 0 Å². The molecule has 0 amide bonds. The van der Waals surface area contributed by atoms with E-state index in [9.17, 15) is 8.42 Å². The zero-order valence-electron chi connectivity index (χ0n) is 19.8. The molecule has 0 bridgehead atoms. The summed E-state index contributed by atoms with van der Waals surface area (Å²) < 4.78 is 45.3. The summed E-state index contributed by atoms with van der Waals surface area (Å²) in [6.07, 6.45) is 5.24. The fraction of sp³-hybridized carbons (Fsp3) is 0.259. The van der Waals surface area contributed by atoms with Crippen LogP contribution in [0.1, 0.15) is 29.5 Å². The Hall–Kier alpha value is -3.65. The van der Waals surface area contributed by atoms with Crippen LogP contribution >= 0.6 is 0 Å². The second-order valence-corrected chi connectivity index (χ2v) is 10.4. The molecule has 0 fully saturated rings. The van der Waals surface area contributed by atoms with Crippen LogP contribution in [-0.2, 0) is 10.0 Å². The van der Waals surface area contributed by atoms with Gasteiger partial charge in [0.1, 0.15) is 17.2 Å². The predicted molar refractivity (Wildman–Crippen MR) is 136 cm³/mol. The Morgan fingerprint density at radius 3 is 2.46 bits per heavy atom. The molecule has 7 nitrogen and oxygen atoms in total. The topological polar surface area (TPSA) is 85.9 Å². The molecule has 0 radical (unpaired) electrons. The van der Waals surface area contributed by atoms with Crippen molar-refractivity contribution in [1.82, 2.24) is 0 Å². The van der Waals surface area contributed by atoms with Gasteiger partial charge in [0.05, 0.1) is 38.0 Å². The third kappa shape index (κ3) is 4.30. The molecule has 3 aromatic rings. The minimum absolute atomic E-state index is 0.0146. The highest BCUT2D eigenvalue weighted by atomic mass is 32.2. The molecule has 3 aromatic carbocycles. The van der Waals surface area contributed by atoms with Gasteiger partial charge in [-0.2, -0.15) is 0 Å². The predicted octanol–water partition coefficient (Wildman–Crippen LogP) is 5.34. The maximum absolute atomic E-state index is 13.2. The number of methoxy groups -OCH3 is 3. The zero-order valence-corrected chi connectivity index (χ0v) is 20.6. The molecular formula is C27H28N2O5S. The SMILES string of the molecule is COc1cccc(NS(=O)(=O)c2ccc3c(c2)[C@H]2C=CC[C@H]2[C@@H](c2ccc(OC)cc2OC)N3)c1. The molecule has 0 saturated carbocycles. The summed E-state index contributed by atoms with van der Waals surface area (Å²) in [6.45, 7) is 0. The van der Waals surface area contributed by atoms with Gasteiger partial charge in [0.15, 0.2) is 0 Å². The van der Waals surface area contributed by atoms with Crippen LogP contribution in [0.15, 0.2) is 77.7 Å². The summed E-state index contributed by atoms with van der Waals surface area (Å²) in [5.41, 5.74) is 3.39. The van der Waals surface area contributed by atoms with E-state index in [4.69, 9.17) is 14.2 Å². The maximum atomic E-state index is 13.2. The number of fused-ring (bicyclic) bond motifs is 3. The second kappa shape index (κ2) is 9.19. The molecule has 35 heavy (non-hydrogen) atoms. The molecule has 2 aliphatic rings. The smallest absolute Gasteiger partial charge is 0.261 e. The van der Waals surface area contributed by atoms with Gasteiger partial charge in [-0.25, -0.2) is 8.42 Å². The first-order valence-electron chi connectivity index (χ1n) is 11.4. The lowest BCUT2D eigenvalue weighted by atomic mass is 9.77. The highest BCUT2D eigenvalue weighted by molar-refractivity contribution is 7.92. The first-order chi connectivity index (χ1) is 16.9. The summed E-state index contributed by atoms with van der Waals surface area (Å²) in [7, 11) is 1.06. The highest BCUT2D eigenvalue weighted by Gasteiger charge is 2.39. The Labute approximate surface area is 205 Å². The van der Waals surface area contributed by atoms with Crippen molar-refractivity contribution in [2.45, 2.75) is 23.3 Å². The fourth-order valence-corrected chi connectivity index (χ4v) is 6.11. The average Bonchev–Trinajstić information content (AvgIpc) is 3.38. The van der Waals surface area contributed by atoms with E-state index >= 15 is 0 Å². The third-order valence-corrected chi connectivity index (χ3v) is 8.12. The van der Waals surface area contributed by atoms with Gasteiger partial charge >= 0.3 is 0 Å². The summed E-state index contributed by atoms with van der Waals surface area (Å²) >= 11 is 0. The largest absolute Gasteiger partial charge is 0.497 e. The van der Waals surface area contributed by atoms with Crippen LogP contribution in [0.5, 0.6) is 17.2 Å². The van der Waals surface area contributed by atoms with Crippen molar-refractivity contribution in [3.8, 4) is 17.2 Å². The van der Waals surface area contributed by atoms with Gasteiger partial charge in [-0.1, -0.05) is 18.2 Å². The zero-order chi connectivity index (χ0) is 24.6. The van der Waals surface area contributed by atoms with Crippen molar-refractivity contribution in [3.05, 3.63) is 83.9 Å². The molecule has 2 N–H and O–H groups in total. The lowest BCUT2D eigenvalue weighted by Crippen LogP contribution is -2.29. The molecule has 1 heterocycles. The van der Waals surface area contributed by atoms with Crippen LogP contribution in [0.3, 0.4) is 0 Å². The van der Waals surface area contributed by atoms with Crippen LogP contribution in [0.4, 0.5) is 11.4 Å². The van der Waals surface area contributed by atoms with Crippen LogP contribution in [-0.4, -0.2) is 29.7 Å². The molecule has 1 aliphatic carbocycles. The van der Waals surface area contributed by atoms with Crippen molar-refractivity contribution < 1.29 is 22.6 Å². The molecule has 0 unspecified atom stereocenters. The lowest BCUT2D eigenvalue weighted by molar-refractivity contribution is 0.372. The van der Waals surface area contributed by atoms with E-state index in [0.717, 1.165) is 34.7 Å². The number of hydrogen-bond acceptors (Lipinski definition) is 6. The molecule has 0 saturated heterocycles. The number of rotatable bonds is 7. The lowest BCUT2D eigenvalue weighted by Gasteiger charge is -2.38. The Balaban J connectivity index is 1.48. The van der Waals surface area contributed by atoms with Gasteiger partial charge in [-0.3, -0.25) is 4.72 Å². The Kier molecular flexibility index (Phi) is 6.06. The molecule has 182 valence electrons. The molecule has 3 atom stereocenters. The monoisotopic (exact) mass is 492 g/mol. The van der Waals surface area contributed by atoms with E-state index in [0.29, 0.717) is 11.4 Å². The van der Waals surface area contributed by atoms with Crippen molar-refractivity contribution in [1.29, 1.82) is 0 Å². The Bertz CT molecular complexity index is 1390. The highest BCUT2D eigenvalue weighted by Crippen LogP contribution is 2.51. The number of sulfonamides is 1. The minimum atomic E-state index is -3.78. The number of allylic oxidation sites excluding steroid dienone is 2. The van der Waals surface area contributed by atoms with E-state index in [-0.39, 0.29) is 22.8 Å². The molecular weight excluding hydrogens is 464 g/mol. The van der Waals surface area contributed by atoms with Gasteiger partial charge in [-0.05, 0) is 60.4 Å². The third-order valence-electron chi connectivity index (χ3n) is 6.74. The Morgan fingerprint density at radius 1 is 0.886 bits per heavy atom. The van der Waals surface area contributed by atoms with E-state index in [2.05, 4.69) is 22.2 Å². The summed E-state index contributed by atoms with van der Waals surface area (Å²) in [5.74, 6) is 2.40. The number of hydrogen-bond donors (Lipinski definition) is 2. The van der Waals surface area contributed by atoms with Crippen LogP contribution in [0.2, 0.25) is 0 Å². The standard InChI is InChI=1S/C27H28N2O5S/c1-32-18-7-4-6-17(14-18)29-35(30,31)20-11-13-25-24(16-20)21-8-5-9-22(21)27(28-25)23-12-10-19(33-2)15-26(23)34-3/h4-8,10-16,21-22,27-29H,9H2,1-3H3/t21-,22+,27-/m0/s1. The van der Waals surface area contributed by atoms with Gasteiger partial charge in [0.2, 0.25) is 0 Å². The summed E-state index contributed by atoms with van der Waals surface area (Å²) in [4.78, 5) is 0.223. The van der Waals surface area contributed by atoms with Crippen molar-refractivity contribution >= 4 is 21.4 Å². The quantitative estimate of drug-likeness (QED) is 0.433. The number of anilines is 2. The van der Waals surface area contributed by atoms with E-state index in [1.807, 2.05) is 24.3 Å². The normalized spacial score (nSPS) is 20.4. The van der Waals surface area contributed by atoms with Crippen LogP contribution < -0.4 is 24.2 Å². The molecule has 0 aromatic heterocycles. The van der Waals surface area contributed by atoms with Crippen molar-refractivity contribution in [3.63, 3.8) is 0 Å². The number of benzene rings is 3. The number of nitrogens with one attached hydrogen (secondary N) is 2. The second-order valence-electron chi connectivity index (χ2n) is 8.67. The fourth-order valence-electron chi connectivity index (χ4n) is 5.02. The first-order valence-corrected chi connectivity index (χ1v) is 12.9. The van der Waals surface area contributed by atoms with Crippen molar-refractivity contribution in [2.75, 3.05) is 31.4 Å². The van der Waals surface area contributed by atoms with E-state index < -0.39 is 10.0 Å². The number of ether oxygens (including phenoxy) is 3. The van der Waals surface area contributed by atoms with Crippen molar-refractivity contribution in [2.24, 2.45) is 5.92 Å². The van der Waals surface area contributed by atoms with Gasteiger partial charge in [0.25, 0.3) is 10.0 Å². The van der Waals surface area contributed by atoms with E-state index in [1.54, 1.807) is 57.7 Å². The van der Waals surface area contributed by atoms with Crippen LogP contribution in [0, 0.1) is 5.92 Å². The first kappa shape index (κ1) is 23.1. The molecule has 8 heteroatoms. The molecule has 5 rings (SSSR count). The summed E-state index contributed by atoms with van der Waals surface area (Å²) in [6, 6.07) is 18.0. The molecule has 0 spiro atoms. The molecule has 1 aliphatic heterocycles. The van der Waals surface area contributed by atoms with E-state index in [1.165, 1.54) is 0 Å². The summed E-state index contributed by atoms with van der Waals surface area (Å²) in [5, 5.41) is 3.65. The minimum Gasteiger partial charge on any atom is -0.497 e. The van der Waals surface area contributed by atoms with Gasteiger partial charge < -0.3 is 19.5 Å². The van der Waals surface area contributed by atoms with Gasteiger partial charge in [0, 0.05) is 29.3 Å². The van der Waals surface area contributed by atoms with Gasteiger partial charge in [-0.15, -0.1) is 0 Å². The Morgan fingerprint density at radius 2 is 1.69 bits per heavy atom. The maximum Gasteiger partial charge on any atom is 0.261 e.